The summed E-state index contributed by atoms with van der Waals surface area (Å²) in [5, 5.41) is 9.30. The van der Waals surface area contributed by atoms with E-state index in [2.05, 4.69) is 48.5 Å². The Morgan fingerprint density at radius 2 is 1.42 bits per heavy atom. The maximum absolute atomic E-state index is 9.30. The fourth-order valence-corrected chi connectivity index (χ4v) is 2.67. The van der Waals surface area contributed by atoms with E-state index in [-0.39, 0.29) is 60.0 Å². The van der Waals surface area contributed by atoms with Crippen LogP contribution >= 0.6 is 0 Å². The van der Waals surface area contributed by atoms with Crippen LogP contribution in [0.2, 0.25) is 0 Å². The van der Waals surface area contributed by atoms with Gasteiger partial charge in [0.2, 0.25) is 0 Å². The zero-order chi connectivity index (χ0) is 18.2. The Bertz CT molecular complexity index is 291. The minimum Gasteiger partial charge on any atom is -0.393 e. The number of hydrogen-bond donors (Lipinski definition) is 1. The van der Waals surface area contributed by atoms with Gasteiger partial charge >= 0.3 is 0 Å². The number of aliphatic hydroxyl groups excluding tert-OH is 1. The van der Waals surface area contributed by atoms with Crippen molar-refractivity contribution in [2.75, 3.05) is 0 Å². The van der Waals surface area contributed by atoms with Crippen LogP contribution in [-0.4, -0.2) is 29.7 Å². The van der Waals surface area contributed by atoms with Gasteiger partial charge in [-0.15, -0.1) is 0 Å². The van der Waals surface area contributed by atoms with E-state index in [9.17, 15) is 5.11 Å². The van der Waals surface area contributed by atoms with Crippen LogP contribution in [0.15, 0.2) is 0 Å². The predicted octanol–water partition coefficient (Wildman–Crippen LogP) is 6.34. The van der Waals surface area contributed by atoms with Crippen molar-refractivity contribution in [3.8, 4) is 0 Å². The van der Waals surface area contributed by atoms with Gasteiger partial charge in [-0.05, 0) is 36.5 Å². The van der Waals surface area contributed by atoms with Crippen LogP contribution in [0.25, 0.3) is 0 Å². The summed E-state index contributed by atoms with van der Waals surface area (Å²) in [5.41, 5.74) is 0. The van der Waals surface area contributed by atoms with Crippen molar-refractivity contribution in [2.45, 2.75) is 114 Å². The molecule has 1 aliphatic rings. The summed E-state index contributed by atoms with van der Waals surface area (Å²) in [5.74, 6) is 2.26. The molecule has 1 saturated heterocycles. The van der Waals surface area contributed by atoms with Gasteiger partial charge in [0.05, 0.1) is 18.3 Å². The van der Waals surface area contributed by atoms with Crippen molar-refractivity contribution in [3.05, 3.63) is 6.92 Å². The fourth-order valence-electron chi connectivity index (χ4n) is 2.67. The van der Waals surface area contributed by atoms with E-state index >= 15 is 0 Å². The third-order valence-electron chi connectivity index (χ3n) is 4.13. The Hall–Kier alpha value is 0.984. The molecule has 1 fully saturated rings. The van der Waals surface area contributed by atoms with E-state index in [0.29, 0.717) is 35.9 Å². The van der Waals surface area contributed by atoms with Crippen molar-refractivity contribution >= 4 is 0 Å². The zero-order valence-corrected chi connectivity index (χ0v) is 20.1. The summed E-state index contributed by atoms with van der Waals surface area (Å²) in [6, 6.07) is 0. The minimum absolute atomic E-state index is 0. The van der Waals surface area contributed by atoms with Gasteiger partial charge in [-0.1, -0.05) is 70.2 Å². The Balaban J connectivity index is -0.000000180. The van der Waals surface area contributed by atoms with Gasteiger partial charge in [0.15, 0.2) is 0 Å². The first-order valence-corrected chi connectivity index (χ1v) is 9.34. The number of aliphatic hydroxyl groups is 1. The standard InChI is InChI=1S/C12H23O2.C8H18O.2CH4.Y/c1-8(2)6-11-7-12(9(3)4)14-10(5)13-11;1-6(2)5-8(9)7(3)4;;;/h8-12H,5-7H2,1-4H3;6-9H,5H2,1-4H3;2*1H4;/q-1;;;;. The molecule has 0 saturated carbocycles. The molecular formula is C22H49O3Y-. The maximum atomic E-state index is 9.30. The smallest absolute Gasteiger partial charge is 0.0620 e. The van der Waals surface area contributed by atoms with Crippen molar-refractivity contribution in [1.82, 2.24) is 0 Å². The topological polar surface area (TPSA) is 38.7 Å². The molecule has 0 aliphatic carbocycles. The second-order valence-electron chi connectivity index (χ2n) is 8.41. The van der Waals surface area contributed by atoms with Gasteiger partial charge in [0.25, 0.3) is 0 Å². The summed E-state index contributed by atoms with van der Waals surface area (Å²) in [6.45, 7) is 21.0. The molecule has 26 heavy (non-hydrogen) atoms. The molecule has 4 atom stereocenters. The molecule has 159 valence electrons. The average Bonchev–Trinajstić information content (AvgIpc) is 2.36. The summed E-state index contributed by atoms with van der Waals surface area (Å²) >= 11 is 0. The first-order chi connectivity index (χ1) is 10.5. The van der Waals surface area contributed by atoms with Gasteiger partial charge in [-0.25, -0.2) is 0 Å². The Kier molecular flexibility index (Phi) is 23.9. The average molecular weight is 451 g/mol. The third kappa shape index (κ3) is 17.1. The van der Waals surface area contributed by atoms with Crippen LogP contribution in [0.4, 0.5) is 0 Å². The first kappa shape index (κ1) is 34.5. The molecule has 1 heterocycles. The van der Waals surface area contributed by atoms with Gasteiger partial charge in [0, 0.05) is 45.4 Å². The summed E-state index contributed by atoms with van der Waals surface area (Å²) in [7, 11) is 0. The number of ether oxygens (including phenoxy) is 2. The van der Waals surface area contributed by atoms with E-state index in [4.69, 9.17) is 9.47 Å². The number of hydrogen-bond acceptors (Lipinski definition) is 3. The molecule has 0 amide bonds. The van der Waals surface area contributed by atoms with Gasteiger partial charge in [0.1, 0.15) is 0 Å². The summed E-state index contributed by atoms with van der Waals surface area (Å²) < 4.78 is 11.3. The molecule has 1 radical (unpaired) electrons. The first-order valence-electron chi connectivity index (χ1n) is 9.34. The minimum atomic E-state index is -0.278. The molecule has 4 unspecified atom stereocenters. The quantitative estimate of drug-likeness (QED) is 0.480. The van der Waals surface area contributed by atoms with Crippen molar-refractivity contribution < 1.29 is 47.3 Å². The molecule has 0 aromatic rings. The molecule has 1 rings (SSSR count). The molecule has 1 aliphatic heterocycles. The van der Waals surface area contributed by atoms with E-state index in [1.165, 1.54) is 0 Å². The fraction of sp³-hybridized carbons (Fsp3) is 0.955. The summed E-state index contributed by atoms with van der Waals surface area (Å²) in [6.07, 6.45) is 3.32. The van der Waals surface area contributed by atoms with Crippen LogP contribution in [0.1, 0.15) is 89.5 Å². The van der Waals surface area contributed by atoms with Crippen LogP contribution < -0.4 is 0 Å². The van der Waals surface area contributed by atoms with Crippen molar-refractivity contribution in [2.24, 2.45) is 23.7 Å². The monoisotopic (exact) mass is 450 g/mol. The van der Waals surface area contributed by atoms with Gasteiger partial charge in [-0.2, -0.15) is 0 Å². The van der Waals surface area contributed by atoms with Crippen molar-refractivity contribution in [3.63, 3.8) is 0 Å². The van der Waals surface area contributed by atoms with Crippen LogP contribution in [0.3, 0.4) is 0 Å². The maximum Gasteiger partial charge on any atom is 0.0620 e. The second kappa shape index (κ2) is 18.0. The second-order valence-corrected chi connectivity index (χ2v) is 8.41. The third-order valence-corrected chi connectivity index (χ3v) is 4.13. The van der Waals surface area contributed by atoms with Crippen LogP contribution in [-0.2, 0) is 42.2 Å². The molecule has 0 bridgehead atoms. The van der Waals surface area contributed by atoms with Crippen LogP contribution in [0.5, 0.6) is 0 Å². The Morgan fingerprint density at radius 3 is 1.73 bits per heavy atom. The molecule has 0 spiro atoms. The van der Waals surface area contributed by atoms with Gasteiger partial charge in [-0.3, -0.25) is 6.92 Å². The summed E-state index contributed by atoms with van der Waals surface area (Å²) in [4.78, 5) is 0. The number of rotatable bonds is 6. The van der Waals surface area contributed by atoms with E-state index in [1.54, 1.807) is 0 Å². The SMILES string of the molecule is C.C.CC(C)CC(O)C(C)C.[CH2-]C1OC(CC(C)C)CC(C(C)C)O1.[Y]. The molecule has 4 heteroatoms. The Morgan fingerprint density at radius 1 is 0.923 bits per heavy atom. The van der Waals surface area contributed by atoms with Crippen LogP contribution in [0, 0.1) is 30.6 Å². The van der Waals surface area contributed by atoms with E-state index in [1.807, 2.05) is 13.8 Å². The molecule has 3 nitrogen and oxygen atoms in total. The molecule has 0 aromatic carbocycles. The molecular weight excluding hydrogens is 401 g/mol. The molecule has 1 N–H and O–H groups in total. The predicted molar refractivity (Wildman–Crippen MR) is 112 cm³/mol. The van der Waals surface area contributed by atoms with Crippen molar-refractivity contribution in [1.29, 1.82) is 0 Å². The molecule has 0 aromatic heterocycles. The zero-order valence-electron chi connectivity index (χ0n) is 17.3. The Labute approximate surface area is 191 Å². The van der Waals surface area contributed by atoms with E-state index in [0.717, 1.165) is 19.3 Å². The largest absolute Gasteiger partial charge is 0.393 e. The normalized spacial score (nSPS) is 23.5. The van der Waals surface area contributed by atoms with E-state index < -0.39 is 0 Å². The van der Waals surface area contributed by atoms with Gasteiger partial charge < -0.3 is 14.6 Å².